The summed E-state index contributed by atoms with van der Waals surface area (Å²) in [6.45, 7) is 4.77. The predicted molar refractivity (Wildman–Crippen MR) is 107 cm³/mol. The minimum atomic E-state index is 0.316. The fraction of sp³-hybridized carbons (Fsp3) is 0.238. The molecule has 0 bridgehead atoms. The van der Waals surface area contributed by atoms with Gasteiger partial charge in [-0.1, -0.05) is 0 Å². The van der Waals surface area contributed by atoms with Gasteiger partial charge < -0.3 is 25.1 Å². The Balaban J connectivity index is 0.000000158. The lowest BCUT2D eigenvalue weighted by atomic mass is 10.1. The molecule has 0 aliphatic heterocycles. The van der Waals surface area contributed by atoms with E-state index in [1.54, 1.807) is 18.2 Å². The van der Waals surface area contributed by atoms with Crippen LogP contribution in [0.15, 0.2) is 42.5 Å². The van der Waals surface area contributed by atoms with E-state index in [1.807, 2.05) is 46.1 Å². The fourth-order valence-corrected chi connectivity index (χ4v) is 3.14. The van der Waals surface area contributed by atoms with Crippen molar-refractivity contribution in [1.82, 2.24) is 14.9 Å². The highest BCUT2D eigenvalue weighted by molar-refractivity contribution is 5.86. The van der Waals surface area contributed by atoms with Crippen molar-refractivity contribution in [2.45, 2.75) is 20.4 Å². The van der Waals surface area contributed by atoms with Crippen molar-refractivity contribution in [3.05, 3.63) is 59.4 Å². The van der Waals surface area contributed by atoms with Gasteiger partial charge in [0.2, 0.25) is 0 Å². The van der Waals surface area contributed by atoms with Crippen LogP contribution in [0.4, 0.5) is 0 Å². The first-order valence-electron chi connectivity index (χ1n) is 8.56. The second-order valence-electron chi connectivity index (χ2n) is 6.94. The number of rotatable bonds is 2. The van der Waals surface area contributed by atoms with E-state index in [0.29, 0.717) is 11.5 Å². The molecule has 5 heteroatoms. The standard InChI is InChI=1S/C12H16N2O.C9H9NO/c1-8-6-9-10(7-14(2)3)12(15)5-4-11(9)13-8;1-6-4-7-5-8(11)2-3-9(7)10-6/h4-6,13,15H,7H2,1-3H3;2-5,10-11H,1H3. The lowest BCUT2D eigenvalue weighted by Crippen LogP contribution is -2.10. The van der Waals surface area contributed by atoms with Crippen LogP contribution in [0, 0.1) is 13.8 Å². The number of aryl methyl sites for hydroxylation is 2. The van der Waals surface area contributed by atoms with Crippen LogP contribution in [0.3, 0.4) is 0 Å². The van der Waals surface area contributed by atoms with E-state index in [4.69, 9.17) is 5.11 Å². The number of aromatic amines is 2. The quantitative estimate of drug-likeness (QED) is 0.432. The molecule has 0 saturated carbocycles. The van der Waals surface area contributed by atoms with Gasteiger partial charge in [0.25, 0.3) is 0 Å². The molecule has 0 fully saturated rings. The highest BCUT2D eigenvalue weighted by Crippen LogP contribution is 2.28. The summed E-state index contributed by atoms with van der Waals surface area (Å²) in [4.78, 5) is 8.50. The summed E-state index contributed by atoms with van der Waals surface area (Å²) in [6, 6.07) is 13.0. The molecule has 0 amide bonds. The number of benzene rings is 2. The third-order valence-corrected chi connectivity index (χ3v) is 4.24. The molecule has 0 aliphatic carbocycles. The monoisotopic (exact) mass is 351 g/mol. The molecule has 2 heterocycles. The maximum Gasteiger partial charge on any atom is 0.120 e. The largest absolute Gasteiger partial charge is 0.508 e. The normalized spacial score (nSPS) is 11.1. The Morgan fingerprint density at radius 3 is 2.23 bits per heavy atom. The zero-order chi connectivity index (χ0) is 18.8. The molecule has 0 aliphatic rings. The number of aromatic hydroxyl groups is 2. The number of hydrogen-bond acceptors (Lipinski definition) is 3. The van der Waals surface area contributed by atoms with E-state index < -0.39 is 0 Å². The molecule has 2 aromatic heterocycles. The molecule has 136 valence electrons. The summed E-state index contributed by atoms with van der Waals surface area (Å²) < 4.78 is 0. The molecule has 4 aromatic rings. The summed E-state index contributed by atoms with van der Waals surface area (Å²) in [5.74, 6) is 0.687. The second kappa shape index (κ2) is 7.14. The Morgan fingerprint density at radius 2 is 1.50 bits per heavy atom. The van der Waals surface area contributed by atoms with Crippen LogP contribution in [0.2, 0.25) is 0 Å². The molecule has 0 saturated heterocycles. The topological polar surface area (TPSA) is 75.3 Å². The van der Waals surface area contributed by atoms with Gasteiger partial charge in [-0.15, -0.1) is 0 Å². The van der Waals surface area contributed by atoms with Crippen LogP contribution in [-0.2, 0) is 6.54 Å². The average molecular weight is 351 g/mol. The molecular weight excluding hydrogens is 326 g/mol. The number of hydrogen-bond donors (Lipinski definition) is 4. The van der Waals surface area contributed by atoms with E-state index in [1.165, 1.54) is 0 Å². The van der Waals surface area contributed by atoms with E-state index >= 15 is 0 Å². The maximum atomic E-state index is 9.83. The summed E-state index contributed by atoms with van der Waals surface area (Å²) in [5.41, 5.74) is 5.38. The van der Waals surface area contributed by atoms with Crippen molar-refractivity contribution in [1.29, 1.82) is 0 Å². The number of phenols is 2. The molecule has 0 radical (unpaired) electrons. The highest BCUT2D eigenvalue weighted by atomic mass is 16.3. The van der Waals surface area contributed by atoms with Crippen molar-refractivity contribution in [2.75, 3.05) is 14.1 Å². The molecule has 5 nitrogen and oxygen atoms in total. The smallest absolute Gasteiger partial charge is 0.120 e. The predicted octanol–water partition coefficient (Wildman–Crippen LogP) is 4.43. The zero-order valence-corrected chi connectivity index (χ0v) is 15.6. The lowest BCUT2D eigenvalue weighted by molar-refractivity contribution is 0.388. The van der Waals surface area contributed by atoms with Crippen LogP contribution in [0.1, 0.15) is 17.0 Å². The van der Waals surface area contributed by atoms with Gasteiger partial charge in [-0.2, -0.15) is 0 Å². The fourth-order valence-electron chi connectivity index (χ4n) is 3.14. The van der Waals surface area contributed by atoms with Crippen LogP contribution >= 0.6 is 0 Å². The first-order valence-corrected chi connectivity index (χ1v) is 8.56. The van der Waals surface area contributed by atoms with E-state index in [2.05, 4.69) is 20.9 Å². The number of phenolic OH excluding ortho intramolecular Hbond substituents is 2. The molecular formula is C21H25N3O2. The van der Waals surface area contributed by atoms with Crippen LogP contribution in [0.25, 0.3) is 21.8 Å². The highest BCUT2D eigenvalue weighted by Gasteiger charge is 2.09. The first-order chi connectivity index (χ1) is 12.3. The molecule has 4 N–H and O–H groups in total. The van der Waals surface area contributed by atoms with Crippen molar-refractivity contribution in [3.8, 4) is 11.5 Å². The summed E-state index contributed by atoms with van der Waals surface area (Å²) >= 11 is 0. The van der Waals surface area contributed by atoms with Gasteiger partial charge in [-0.25, -0.2) is 0 Å². The summed E-state index contributed by atoms with van der Waals surface area (Å²) in [6.07, 6.45) is 0. The SMILES string of the molecule is Cc1cc2c(CN(C)C)c(O)ccc2[nH]1.Cc1cc2cc(O)ccc2[nH]1. The van der Waals surface area contributed by atoms with Crippen molar-refractivity contribution in [3.63, 3.8) is 0 Å². The minimum absolute atomic E-state index is 0.316. The number of fused-ring (bicyclic) bond motifs is 2. The van der Waals surface area contributed by atoms with Crippen LogP contribution in [-0.4, -0.2) is 39.2 Å². The first kappa shape index (κ1) is 17.9. The number of nitrogens with one attached hydrogen (secondary N) is 2. The number of H-pyrrole nitrogens is 2. The number of nitrogens with zero attached hydrogens (tertiary/aromatic N) is 1. The molecule has 0 atom stereocenters. The molecule has 26 heavy (non-hydrogen) atoms. The van der Waals surface area contributed by atoms with E-state index in [9.17, 15) is 5.11 Å². The van der Waals surface area contributed by atoms with Gasteiger partial charge in [0.05, 0.1) is 0 Å². The third-order valence-electron chi connectivity index (χ3n) is 4.24. The third kappa shape index (κ3) is 3.83. The summed E-state index contributed by atoms with van der Waals surface area (Å²) in [7, 11) is 4.00. The summed E-state index contributed by atoms with van der Waals surface area (Å²) in [5, 5.41) is 21.1. The molecule has 0 spiro atoms. The lowest BCUT2D eigenvalue weighted by Gasteiger charge is -2.12. The Labute approximate surface area is 152 Å². The Morgan fingerprint density at radius 1 is 0.846 bits per heavy atom. The maximum absolute atomic E-state index is 9.83. The molecule has 2 aromatic carbocycles. The average Bonchev–Trinajstić information content (AvgIpc) is 3.11. The van der Waals surface area contributed by atoms with E-state index in [0.717, 1.165) is 45.3 Å². The van der Waals surface area contributed by atoms with Crippen LogP contribution in [0.5, 0.6) is 11.5 Å². The van der Waals surface area contributed by atoms with Crippen LogP contribution < -0.4 is 0 Å². The molecule has 4 rings (SSSR count). The second-order valence-corrected chi connectivity index (χ2v) is 6.94. The van der Waals surface area contributed by atoms with E-state index in [-0.39, 0.29) is 0 Å². The van der Waals surface area contributed by atoms with Gasteiger partial charge in [0, 0.05) is 45.3 Å². The van der Waals surface area contributed by atoms with Gasteiger partial charge in [-0.3, -0.25) is 0 Å². The Bertz CT molecular complexity index is 1040. The zero-order valence-electron chi connectivity index (χ0n) is 15.6. The minimum Gasteiger partial charge on any atom is -0.508 e. The van der Waals surface area contributed by atoms with Gasteiger partial charge in [-0.05, 0) is 70.4 Å². The van der Waals surface area contributed by atoms with Gasteiger partial charge in [0.15, 0.2) is 0 Å². The van der Waals surface area contributed by atoms with Gasteiger partial charge in [0.1, 0.15) is 11.5 Å². The Hall–Kier alpha value is -2.92. The Kier molecular flexibility index (Phi) is 4.91. The van der Waals surface area contributed by atoms with Crippen molar-refractivity contribution < 1.29 is 10.2 Å². The van der Waals surface area contributed by atoms with Crippen molar-refractivity contribution >= 4 is 21.8 Å². The van der Waals surface area contributed by atoms with Gasteiger partial charge >= 0.3 is 0 Å². The van der Waals surface area contributed by atoms with Crippen molar-refractivity contribution in [2.24, 2.45) is 0 Å². The molecule has 0 unspecified atom stereocenters. The number of aromatic nitrogens is 2.